The lowest BCUT2D eigenvalue weighted by Crippen LogP contribution is -2.39. The molecule has 0 saturated carbocycles. The summed E-state index contributed by atoms with van der Waals surface area (Å²) in [6, 6.07) is 12.6. The molecule has 2 nitrogen and oxygen atoms in total. The number of fused-ring (bicyclic) bond motifs is 2. The van der Waals surface area contributed by atoms with Crippen LogP contribution in [0.3, 0.4) is 0 Å². The van der Waals surface area contributed by atoms with Gasteiger partial charge in [0.15, 0.2) is 6.04 Å². The number of hydrogen-bond acceptors (Lipinski definition) is 0. The maximum absolute atomic E-state index is 6.59. The molecule has 3 aromatic rings. The van der Waals surface area contributed by atoms with Crippen LogP contribution in [-0.4, -0.2) is 4.98 Å². The van der Waals surface area contributed by atoms with Crippen molar-refractivity contribution in [3.8, 4) is 0 Å². The van der Waals surface area contributed by atoms with E-state index < -0.39 is 0 Å². The molecular formula is C18H15Cl2N2+. The second-order valence-corrected chi connectivity index (χ2v) is 6.46. The number of nitrogens with zero attached hydrogens (tertiary/aromatic N) is 1. The number of halogens is 2. The van der Waals surface area contributed by atoms with Gasteiger partial charge in [-0.3, -0.25) is 4.98 Å². The quantitative estimate of drug-likeness (QED) is 0.640. The monoisotopic (exact) mass is 329 g/mol. The summed E-state index contributed by atoms with van der Waals surface area (Å²) < 4.78 is 2.17. The maximum atomic E-state index is 6.59. The summed E-state index contributed by atoms with van der Waals surface area (Å²) in [5.74, 6) is 0. The van der Waals surface area contributed by atoms with Crippen LogP contribution in [0.15, 0.2) is 55.1 Å². The minimum atomic E-state index is 0.0738. The topological polar surface area (TPSA) is 19.7 Å². The zero-order chi connectivity index (χ0) is 15.1. The number of H-pyrrole nitrogens is 1. The van der Waals surface area contributed by atoms with Crippen LogP contribution >= 0.6 is 23.2 Å². The molecule has 1 aliphatic rings. The lowest BCUT2D eigenvalue weighted by atomic mass is 9.94. The standard InChI is InChI=1S/C18H14Cl2N2/c19-14-9-13-6-5-12-3-1-2-4-15(12)18(17(13)16(20)10-14)22-8-7-21-11-22/h1-4,7-11,18H,5-6H2/p+1. The van der Waals surface area contributed by atoms with Gasteiger partial charge in [0.25, 0.3) is 0 Å². The Hall–Kier alpha value is -1.77. The number of imidazole rings is 1. The van der Waals surface area contributed by atoms with E-state index in [0.717, 1.165) is 23.4 Å². The molecule has 4 rings (SSSR count). The summed E-state index contributed by atoms with van der Waals surface area (Å²) in [4.78, 5) is 3.13. The summed E-state index contributed by atoms with van der Waals surface area (Å²) >= 11 is 12.8. The van der Waals surface area contributed by atoms with Crippen molar-refractivity contribution in [3.63, 3.8) is 0 Å². The molecule has 22 heavy (non-hydrogen) atoms. The number of nitrogens with one attached hydrogen (secondary N) is 1. The van der Waals surface area contributed by atoms with E-state index in [1.54, 1.807) is 0 Å². The Balaban J connectivity index is 2.03. The predicted octanol–water partition coefficient (Wildman–Crippen LogP) is 4.35. The summed E-state index contributed by atoms with van der Waals surface area (Å²) in [5, 5.41) is 1.44. The van der Waals surface area contributed by atoms with Crippen molar-refractivity contribution in [1.82, 2.24) is 4.98 Å². The zero-order valence-corrected chi connectivity index (χ0v) is 13.4. The van der Waals surface area contributed by atoms with Crippen LogP contribution in [0, 0.1) is 0 Å². The minimum Gasteiger partial charge on any atom is -0.250 e. The van der Waals surface area contributed by atoms with Gasteiger partial charge in [0, 0.05) is 16.1 Å². The van der Waals surface area contributed by atoms with E-state index >= 15 is 0 Å². The second-order valence-electron chi connectivity index (χ2n) is 5.62. The molecule has 1 heterocycles. The van der Waals surface area contributed by atoms with Gasteiger partial charge in [-0.2, -0.15) is 0 Å². The fourth-order valence-electron chi connectivity index (χ4n) is 3.38. The lowest BCUT2D eigenvalue weighted by Gasteiger charge is -2.19. The minimum absolute atomic E-state index is 0.0738. The van der Waals surface area contributed by atoms with Crippen molar-refractivity contribution in [3.05, 3.63) is 87.4 Å². The highest BCUT2D eigenvalue weighted by Gasteiger charge is 2.30. The van der Waals surface area contributed by atoms with E-state index in [0.29, 0.717) is 5.02 Å². The summed E-state index contributed by atoms with van der Waals surface area (Å²) in [5.41, 5.74) is 5.05. The van der Waals surface area contributed by atoms with E-state index in [1.165, 1.54) is 16.7 Å². The van der Waals surface area contributed by atoms with Gasteiger partial charge in [0.2, 0.25) is 6.33 Å². The van der Waals surface area contributed by atoms with Crippen molar-refractivity contribution in [1.29, 1.82) is 0 Å². The average Bonchev–Trinajstić information content (AvgIpc) is 2.97. The van der Waals surface area contributed by atoms with Gasteiger partial charge in [-0.05, 0) is 36.1 Å². The van der Waals surface area contributed by atoms with Crippen molar-refractivity contribution in [2.45, 2.75) is 18.9 Å². The Kier molecular flexibility index (Phi) is 3.44. The van der Waals surface area contributed by atoms with Gasteiger partial charge in [-0.15, -0.1) is 0 Å². The first-order valence-electron chi connectivity index (χ1n) is 7.33. The van der Waals surface area contributed by atoms with E-state index in [4.69, 9.17) is 23.2 Å². The Morgan fingerprint density at radius 3 is 2.68 bits per heavy atom. The van der Waals surface area contributed by atoms with Crippen LogP contribution < -0.4 is 4.57 Å². The molecule has 1 aliphatic carbocycles. The highest BCUT2D eigenvalue weighted by Crippen LogP contribution is 2.38. The maximum Gasteiger partial charge on any atom is 0.242 e. The Morgan fingerprint density at radius 2 is 1.86 bits per heavy atom. The molecule has 1 atom stereocenters. The van der Waals surface area contributed by atoms with Crippen molar-refractivity contribution >= 4 is 23.2 Å². The average molecular weight is 330 g/mol. The van der Waals surface area contributed by atoms with Crippen LogP contribution in [0.4, 0.5) is 0 Å². The predicted molar refractivity (Wildman–Crippen MR) is 88.5 cm³/mol. The van der Waals surface area contributed by atoms with Crippen LogP contribution in [0.5, 0.6) is 0 Å². The molecule has 1 unspecified atom stereocenters. The summed E-state index contributed by atoms with van der Waals surface area (Å²) in [7, 11) is 0. The first-order valence-corrected chi connectivity index (χ1v) is 8.09. The Labute approximate surface area is 139 Å². The van der Waals surface area contributed by atoms with E-state index in [2.05, 4.69) is 39.9 Å². The third-order valence-electron chi connectivity index (χ3n) is 4.33. The molecule has 0 fully saturated rings. The number of aromatic nitrogens is 2. The molecule has 0 bridgehead atoms. The normalized spacial score (nSPS) is 16.7. The third kappa shape index (κ3) is 2.23. The summed E-state index contributed by atoms with van der Waals surface area (Å²) in [6.45, 7) is 0. The number of benzene rings is 2. The van der Waals surface area contributed by atoms with Crippen LogP contribution in [-0.2, 0) is 12.8 Å². The van der Waals surface area contributed by atoms with E-state index in [9.17, 15) is 0 Å². The molecule has 110 valence electrons. The van der Waals surface area contributed by atoms with E-state index in [1.807, 2.05) is 24.8 Å². The van der Waals surface area contributed by atoms with Crippen LogP contribution in [0.2, 0.25) is 10.0 Å². The molecule has 2 aromatic carbocycles. The molecule has 0 spiro atoms. The first-order chi connectivity index (χ1) is 10.7. The highest BCUT2D eigenvalue weighted by atomic mass is 35.5. The molecule has 4 heteroatoms. The van der Waals surface area contributed by atoms with Gasteiger partial charge >= 0.3 is 0 Å². The molecule has 0 radical (unpaired) electrons. The molecule has 0 saturated heterocycles. The SMILES string of the molecule is Clc1cc(Cl)c2c(c1)CCc1ccccc1C2[n+]1cc[nH]c1. The molecule has 0 amide bonds. The molecule has 1 aromatic heterocycles. The van der Waals surface area contributed by atoms with Gasteiger partial charge in [0.05, 0.1) is 5.02 Å². The Morgan fingerprint density at radius 1 is 1.05 bits per heavy atom. The number of aromatic amines is 1. The fraction of sp³-hybridized carbons (Fsp3) is 0.167. The fourth-order valence-corrected chi connectivity index (χ4v) is 4.02. The van der Waals surface area contributed by atoms with Crippen molar-refractivity contribution < 1.29 is 4.57 Å². The van der Waals surface area contributed by atoms with Crippen LogP contribution in [0.25, 0.3) is 0 Å². The number of rotatable bonds is 1. The van der Waals surface area contributed by atoms with Gasteiger partial charge in [-0.1, -0.05) is 47.5 Å². The second kappa shape index (κ2) is 5.45. The largest absolute Gasteiger partial charge is 0.250 e. The zero-order valence-electron chi connectivity index (χ0n) is 11.9. The number of hydrogen-bond donors (Lipinski definition) is 1. The highest BCUT2D eigenvalue weighted by molar-refractivity contribution is 6.35. The van der Waals surface area contributed by atoms with Crippen LogP contribution in [0.1, 0.15) is 28.3 Å². The molecule has 0 aliphatic heterocycles. The van der Waals surface area contributed by atoms with Gasteiger partial charge in [0.1, 0.15) is 12.4 Å². The van der Waals surface area contributed by atoms with Crippen molar-refractivity contribution in [2.24, 2.45) is 0 Å². The third-order valence-corrected chi connectivity index (χ3v) is 4.86. The smallest absolute Gasteiger partial charge is 0.242 e. The van der Waals surface area contributed by atoms with E-state index in [-0.39, 0.29) is 6.04 Å². The van der Waals surface area contributed by atoms with Crippen molar-refractivity contribution in [2.75, 3.05) is 0 Å². The lowest BCUT2D eigenvalue weighted by molar-refractivity contribution is -0.703. The molecular weight excluding hydrogens is 315 g/mol. The Bertz CT molecular complexity index is 825. The van der Waals surface area contributed by atoms with Gasteiger partial charge < -0.3 is 0 Å². The summed E-state index contributed by atoms with van der Waals surface area (Å²) in [6.07, 6.45) is 7.90. The molecule has 1 N–H and O–H groups in total. The number of aryl methyl sites for hydroxylation is 2. The van der Waals surface area contributed by atoms with Gasteiger partial charge in [-0.25, -0.2) is 4.57 Å². The first kappa shape index (κ1) is 13.9.